The van der Waals surface area contributed by atoms with Gasteiger partial charge in [0.2, 0.25) is 0 Å². The summed E-state index contributed by atoms with van der Waals surface area (Å²) in [5, 5.41) is 1.14. The lowest BCUT2D eigenvalue weighted by molar-refractivity contribution is 0.540. The monoisotopic (exact) mass is 199 g/mol. The molecule has 0 amide bonds. The first-order valence-corrected chi connectivity index (χ1v) is 5.32. The number of hydrogen-bond donors (Lipinski definition) is 1. The number of hydrogen-bond acceptors (Lipinski definition) is 2. The quantitative estimate of drug-likeness (QED) is 0.661. The third-order valence-electron chi connectivity index (χ3n) is 2.89. The third-order valence-corrected chi connectivity index (χ3v) is 2.89. The van der Waals surface area contributed by atoms with Crippen molar-refractivity contribution in [3.8, 4) is 0 Å². The fraction of sp³-hybridized carbons (Fsp3) is 0.231. The average Bonchev–Trinajstić information content (AvgIpc) is 2.44. The van der Waals surface area contributed by atoms with Gasteiger partial charge in [-0.2, -0.15) is 0 Å². The molecular weight excluding hydrogens is 186 g/mol. The van der Waals surface area contributed by atoms with Crippen molar-refractivity contribution in [2.45, 2.75) is 19.3 Å². The summed E-state index contributed by atoms with van der Waals surface area (Å²) in [4.78, 5) is 0. The van der Waals surface area contributed by atoms with E-state index in [0.29, 0.717) is 0 Å². The molecule has 0 fully saturated rings. The van der Waals surface area contributed by atoms with Crippen LogP contribution in [0.25, 0.3) is 17.0 Å². The van der Waals surface area contributed by atoms with E-state index in [1.54, 1.807) is 0 Å². The van der Waals surface area contributed by atoms with Crippen molar-refractivity contribution < 1.29 is 4.42 Å². The summed E-state index contributed by atoms with van der Waals surface area (Å²) in [7, 11) is 0. The topological polar surface area (TPSA) is 39.2 Å². The van der Waals surface area contributed by atoms with Crippen LogP contribution in [-0.4, -0.2) is 0 Å². The molecule has 0 bridgehead atoms. The zero-order valence-corrected chi connectivity index (χ0v) is 8.49. The molecule has 15 heavy (non-hydrogen) atoms. The summed E-state index contributed by atoms with van der Waals surface area (Å²) in [5.74, 6) is 1.10. The van der Waals surface area contributed by atoms with Gasteiger partial charge >= 0.3 is 0 Å². The molecule has 2 N–H and O–H groups in total. The van der Waals surface area contributed by atoms with Crippen LogP contribution in [0, 0.1) is 0 Å². The molecule has 0 saturated heterocycles. The minimum absolute atomic E-state index is 0.795. The molecule has 0 radical (unpaired) electrons. The van der Waals surface area contributed by atoms with Gasteiger partial charge in [0.05, 0.1) is 0 Å². The van der Waals surface area contributed by atoms with Gasteiger partial charge in [-0.05, 0) is 31.0 Å². The third kappa shape index (κ3) is 1.33. The summed E-state index contributed by atoms with van der Waals surface area (Å²) in [6, 6.07) is 5.83. The number of benzene rings is 1. The molecule has 1 aliphatic carbocycles. The van der Waals surface area contributed by atoms with Gasteiger partial charge in [0.25, 0.3) is 0 Å². The van der Waals surface area contributed by atoms with Gasteiger partial charge in [-0.25, -0.2) is 0 Å². The van der Waals surface area contributed by atoms with E-state index in [1.165, 1.54) is 12.0 Å². The van der Waals surface area contributed by atoms with Gasteiger partial charge < -0.3 is 10.2 Å². The highest BCUT2D eigenvalue weighted by Gasteiger charge is 2.13. The number of nitrogen functional groups attached to an aromatic ring is 1. The van der Waals surface area contributed by atoms with Crippen LogP contribution in [0.1, 0.15) is 24.2 Å². The smallest absolute Gasteiger partial charge is 0.135 e. The lowest BCUT2D eigenvalue weighted by Crippen LogP contribution is -1.83. The lowest BCUT2D eigenvalue weighted by Gasteiger charge is -1.93. The van der Waals surface area contributed by atoms with E-state index < -0.39 is 0 Å². The van der Waals surface area contributed by atoms with Gasteiger partial charge in [0.1, 0.15) is 11.3 Å². The first-order valence-electron chi connectivity index (χ1n) is 5.32. The molecule has 76 valence electrons. The van der Waals surface area contributed by atoms with Crippen LogP contribution in [0.15, 0.2) is 28.7 Å². The second-order valence-corrected chi connectivity index (χ2v) is 3.99. The van der Waals surface area contributed by atoms with E-state index >= 15 is 0 Å². The van der Waals surface area contributed by atoms with Crippen LogP contribution in [-0.2, 0) is 6.42 Å². The highest BCUT2D eigenvalue weighted by molar-refractivity contribution is 5.90. The molecule has 2 heteroatoms. The maximum atomic E-state index is 5.82. The summed E-state index contributed by atoms with van der Waals surface area (Å²) >= 11 is 0. The van der Waals surface area contributed by atoms with Crippen molar-refractivity contribution in [2.24, 2.45) is 0 Å². The number of allylic oxidation sites excluding steroid dienone is 1. The predicted molar refractivity (Wildman–Crippen MR) is 62.6 cm³/mol. The Balaban J connectivity index is 2.33. The Labute approximate surface area is 88.4 Å². The van der Waals surface area contributed by atoms with E-state index in [-0.39, 0.29) is 0 Å². The van der Waals surface area contributed by atoms with Crippen LogP contribution < -0.4 is 5.73 Å². The van der Waals surface area contributed by atoms with Crippen molar-refractivity contribution in [3.05, 3.63) is 35.6 Å². The molecule has 0 spiro atoms. The van der Waals surface area contributed by atoms with Gasteiger partial charge in [-0.1, -0.05) is 12.2 Å². The number of rotatable bonds is 0. The lowest BCUT2D eigenvalue weighted by atomic mass is 10.1. The minimum atomic E-state index is 0.795. The summed E-state index contributed by atoms with van der Waals surface area (Å²) in [5.41, 5.74) is 8.75. The molecule has 1 aliphatic rings. The molecule has 0 unspecified atom stereocenters. The fourth-order valence-corrected chi connectivity index (χ4v) is 2.14. The average molecular weight is 199 g/mol. The van der Waals surface area contributed by atoms with Crippen LogP contribution in [0.4, 0.5) is 5.69 Å². The molecule has 1 aromatic carbocycles. The van der Waals surface area contributed by atoms with Crippen molar-refractivity contribution in [3.63, 3.8) is 0 Å². The Bertz CT molecular complexity index is 537. The number of fused-ring (bicyclic) bond motifs is 3. The van der Waals surface area contributed by atoms with E-state index in [4.69, 9.17) is 10.2 Å². The van der Waals surface area contributed by atoms with Gasteiger partial charge in [-0.3, -0.25) is 0 Å². The maximum absolute atomic E-state index is 5.82. The Morgan fingerprint density at radius 3 is 3.13 bits per heavy atom. The Kier molecular flexibility index (Phi) is 1.81. The standard InChI is InChI=1S/C13H13NO/c14-9-6-7-13-11(8-9)10-4-2-1-3-5-12(10)15-13/h2,4,6-8H,1,3,5,14H2. The van der Waals surface area contributed by atoms with Crippen LogP contribution in [0.2, 0.25) is 0 Å². The summed E-state index contributed by atoms with van der Waals surface area (Å²) < 4.78 is 5.82. The van der Waals surface area contributed by atoms with E-state index in [1.807, 2.05) is 18.2 Å². The van der Waals surface area contributed by atoms with Crippen LogP contribution in [0.3, 0.4) is 0 Å². The molecule has 0 saturated carbocycles. The molecule has 2 aromatic rings. The first kappa shape index (κ1) is 8.60. The predicted octanol–water partition coefficient (Wildman–Crippen LogP) is 3.36. The number of nitrogens with two attached hydrogens (primary N) is 1. The van der Waals surface area contributed by atoms with E-state index in [9.17, 15) is 0 Å². The van der Waals surface area contributed by atoms with E-state index in [2.05, 4.69) is 12.2 Å². The Morgan fingerprint density at radius 1 is 1.27 bits per heavy atom. The van der Waals surface area contributed by atoms with E-state index in [0.717, 1.165) is 35.3 Å². The Morgan fingerprint density at radius 2 is 2.20 bits per heavy atom. The molecule has 1 heterocycles. The zero-order valence-electron chi connectivity index (χ0n) is 8.49. The number of furan rings is 1. The SMILES string of the molecule is Nc1ccc2oc3c(c2c1)C=CCCC3. The van der Waals surface area contributed by atoms with Crippen molar-refractivity contribution >= 4 is 22.7 Å². The van der Waals surface area contributed by atoms with Gasteiger partial charge in [0, 0.05) is 23.1 Å². The van der Waals surface area contributed by atoms with Crippen molar-refractivity contribution in [2.75, 3.05) is 5.73 Å². The van der Waals surface area contributed by atoms with Crippen molar-refractivity contribution in [1.82, 2.24) is 0 Å². The molecule has 0 aliphatic heterocycles. The summed E-state index contributed by atoms with van der Waals surface area (Å²) in [6.07, 6.45) is 7.70. The largest absolute Gasteiger partial charge is 0.460 e. The van der Waals surface area contributed by atoms with Gasteiger partial charge in [0.15, 0.2) is 0 Å². The maximum Gasteiger partial charge on any atom is 0.135 e. The fourth-order valence-electron chi connectivity index (χ4n) is 2.14. The highest BCUT2D eigenvalue weighted by Crippen LogP contribution is 2.31. The minimum Gasteiger partial charge on any atom is -0.460 e. The number of aryl methyl sites for hydroxylation is 1. The van der Waals surface area contributed by atoms with Crippen molar-refractivity contribution in [1.29, 1.82) is 0 Å². The first-order chi connectivity index (χ1) is 7.34. The molecule has 2 nitrogen and oxygen atoms in total. The summed E-state index contributed by atoms with van der Waals surface area (Å²) in [6.45, 7) is 0. The second kappa shape index (κ2) is 3.16. The van der Waals surface area contributed by atoms with Crippen LogP contribution in [0.5, 0.6) is 0 Å². The molecular formula is C13H13NO. The second-order valence-electron chi connectivity index (χ2n) is 3.99. The molecule has 3 rings (SSSR count). The zero-order chi connectivity index (χ0) is 10.3. The Hall–Kier alpha value is -1.70. The normalized spacial score (nSPS) is 15.2. The molecule has 0 atom stereocenters. The van der Waals surface area contributed by atoms with Crippen LogP contribution >= 0.6 is 0 Å². The van der Waals surface area contributed by atoms with Gasteiger partial charge in [-0.15, -0.1) is 0 Å². The number of anilines is 1. The molecule has 1 aromatic heterocycles. The highest BCUT2D eigenvalue weighted by atomic mass is 16.3.